The molecule has 1 unspecified atom stereocenters. The molecule has 1 aliphatic heterocycles. The fourth-order valence-electron chi connectivity index (χ4n) is 2.41. The first kappa shape index (κ1) is 15.8. The zero-order valence-corrected chi connectivity index (χ0v) is 12.6. The van der Waals surface area contributed by atoms with Crippen molar-refractivity contribution in [2.75, 3.05) is 19.6 Å². The Labute approximate surface area is 128 Å². The first-order chi connectivity index (χ1) is 9.99. The molecule has 1 fully saturated rings. The van der Waals surface area contributed by atoms with Crippen molar-refractivity contribution in [2.45, 2.75) is 19.8 Å². The molecule has 0 spiro atoms. The SMILES string of the molecule is CC(CNC(=O)c1c(F)cccc1Cl)CN1CCCC1=O. The van der Waals surface area contributed by atoms with Gasteiger partial charge in [-0.25, -0.2) is 4.39 Å². The van der Waals surface area contributed by atoms with Crippen LogP contribution in [0, 0.1) is 11.7 Å². The first-order valence-corrected chi connectivity index (χ1v) is 7.37. The van der Waals surface area contributed by atoms with Gasteiger partial charge in [0.05, 0.1) is 10.6 Å². The van der Waals surface area contributed by atoms with Crippen LogP contribution in [-0.2, 0) is 4.79 Å². The van der Waals surface area contributed by atoms with Crippen molar-refractivity contribution in [1.82, 2.24) is 10.2 Å². The molecule has 1 heterocycles. The lowest BCUT2D eigenvalue weighted by molar-refractivity contribution is -0.128. The largest absolute Gasteiger partial charge is 0.352 e. The molecule has 2 rings (SSSR count). The second-order valence-corrected chi connectivity index (χ2v) is 5.76. The van der Waals surface area contributed by atoms with Crippen LogP contribution in [0.3, 0.4) is 0 Å². The molecular formula is C15H18ClFN2O2. The Morgan fingerprint density at radius 3 is 2.90 bits per heavy atom. The molecule has 1 N–H and O–H groups in total. The van der Waals surface area contributed by atoms with Gasteiger partial charge in [-0.1, -0.05) is 24.6 Å². The summed E-state index contributed by atoms with van der Waals surface area (Å²) >= 11 is 5.84. The van der Waals surface area contributed by atoms with Gasteiger partial charge in [-0.2, -0.15) is 0 Å². The minimum atomic E-state index is -0.637. The fraction of sp³-hybridized carbons (Fsp3) is 0.467. The number of halogens is 2. The quantitative estimate of drug-likeness (QED) is 0.908. The van der Waals surface area contributed by atoms with E-state index in [1.54, 1.807) is 4.90 Å². The number of amides is 2. The zero-order chi connectivity index (χ0) is 15.4. The summed E-state index contributed by atoms with van der Waals surface area (Å²) < 4.78 is 13.6. The highest BCUT2D eigenvalue weighted by atomic mass is 35.5. The molecule has 2 amide bonds. The van der Waals surface area contributed by atoms with Crippen LogP contribution in [0.15, 0.2) is 18.2 Å². The van der Waals surface area contributed by atoms with Gasteiger partial charge in [-0.3, -0.25) is 9.59 Å². The van der Waals surface area contributed by atoms with Crippen molar-refractivity contribution in [1.29, 1.82) is 0 Å². The summed E-state index contributed by atoms with van der Waals surface area (Å²) in [5, 5.41) is 2.76. The highest BCUT2D eigenvalue weighted by Crippen LogP contribution is 2.18. The van der Waals surface area contributed by atoms with Crippen LogP contribution >= 0.6 is 11.6 Å². The van der Waals surface area contributed by atoms with Crippen molar-refractivity contribution in [3.8, 4) is 0 Å². The summed E-state index contributed by atoms with van der Waals surface area (Å²) in [6.07, 6.45) is 1.49. The molecule has 6 heteroatoms. The summed E-state index contributed by atoms with van der Waals surface area (Å²) in [5.41, 5.74) is -0.136. The van der Waals surface area contributed by atoms with Gasteiger partial charge in [-0.05, 0) is 24.5 Å². The number of nitrogens with zero attached hydrogens (tertiary/aromatic N) is 1. The maximum absolute atomic E-state index is 13.6. The van der Waals surface area contributed by atoms with Crippen LogP contribution in [0.1, 0.15) is 30.1 Å². The normalized spacial score (nSPS) is 16.1. The van der Waals surface area contributed by atoms with Crippen LogP contribution < -0.4 is 5.32 Å². The number of benzene rings is 1. The minimum absolute atomic E-state index is 0.0925. The second kappa shape index (κ2) is 6.89. The lowest BCUT2D eigenvalue weighted by atomic mass is 10.1. The average Bonchev–Trinajstić information content (AvgIpc) is 2.82. The van der Waals surface area contributed by atoms with Gasteiger partial charge in [0.2, 0.25) is 5.91 Å². The van der Waals surface area contributed by atoms with E-state index in [1.165, 1.54) is 18.2 Å². The molecular weight excluding hydrogens is 295 g/mol. The van der Waals surface area contributed by atoms with E-state index in [0.29, 0.717) is 19.5 Å². The smallest absolute Gasteiger partial charge is 0.255 e. The molecule has 0 radical (unpaired) electrons. The molecule has 114 valence electrons. The Balaban J connectivity index is 1.87. The first-order valence-electron chi connectivity index (χ1n) is 6.99. The number of likely N-dealkylation sites (tertiary alicyclic amines) is 1. The highest BCUT2D eigenvalue weighted by Gasteiger charge is 2.22. The van der Waals surface area contributed by atoms with E-state index in [9.17, 15) is 14.0 Å². The predicted octanol–water partition coefficient (Wildman–Crippen LogP) is 2.47. The summed E-state index contributed by atoms with van der Waals surface area (Å²) in [6.45, 7) is 3.68. The van der Waals surface area contributed by atoms with E-state index < -0.39 is 11.7 Å². The fourth-order valence-corrected chi connectivity index (χ4v) is 2.66. The summed E-state index contributed by atoms with van der Waals surface area (Å²) in [7, 11) is 0. The van der Waals surface area contributed by atoms with Crippen molar-refractivity contribution in [2.24, 2.45) is 5.92 Å². The van der Waals surface area contributed by atoms with Gasteiger partial charge in [0.1, 0.15) is 5.82 Å². The van der Waals surface area contributed by atoms with Crippen molar-refractivity contribution in [3.63, 3.8) is 0 Å². The van der Waals surface area contributed by atoms with E-state index in [1.807, 2.05) is 6.92 Å². The average molecular weight is 313 g/mol. The topological polar surface area (TPSA) is 49.4 Å². The lowest BCUT2D eigenvalue weighted by Crippen LogP contribution is -2.36. The number of hydrogen-bond donors (Lipinski definition) is 1. The van der Waals surface area contributed by atoms with Gasteiger partial charge in [0.25, 0.3) is 5.91 Å². The monoisotopic (exact) mass is 312 g/mol. The lowest BCUT2D eigenvalue weighted by Gasteiger charge is -2.21. The standard InChI is InChI=1S/C15H18ClFN2O2/c1-10(9-19-7-3-6-13(19)20)8-18-15(21)14-11(16)4-2-5-12(14)17/h2,4-5,10H,3,6-9H2,1H3,(H,18,21). The Kier molecular flexibility index (Phi) is 5.17. The van der Waals surface area contributed by atoms with Crippen molar-refractivity contribution < 1.29 is 14.0 Å². The van der Waals surface area contributed by atoms with Crippen molar-refractivity contribution in [3.05, 3.63) is 34.6 Å². The van der Waals surface area contributed by atoms with Gasteiger partial charge in [0.15, 0.2) is 0 Å². The number of rotatable bonds is 5. The molecule has 1 aliphatic rings. The molecule has 21 heavy (non-hydrogen) atoms. The van der Waals surface area contributed by atoms with Crippen LogP contribution in [0.4, 0.5) is 4.39 Å². The summed E-state index contributed by atoms with van der Waals surface area (Å²) in [4.78, 5) is 25.3. The zero-order valence-electron chi connectivity index (χ0n) is 11.9. The Bertz CT molecular complexity index is 530. The number of hydrogen-bond acceptors (Lipinski definition) is 2. The van der Waals surface area contributed by atoms with Crippen LogP contribution in [0.5, 0.6) is 0 Å². The Hall–Kier alpha value is -1.62. The molecule has 0 saturated carbocycles. The van der Waals surface area contributed by atoms with Crippen molar-refractivity contribution >= 4 is 23.4 Å². The number of carbonyl (C=O) groups excluding carboxylic acids is 2. The highest BCUT2D eigenvalue weighted by molar-refractivity contribution is 6.33. The molecule has 1 atom stereocenters. The molecule has 1 saturated heterocycles. The third-order valence-corrected chi connectivity index (χ3v) is 3.82. The van der Waals surface area contributed by atoms with Crippen LogP contribution in [0.2, 0.25) is 5.02 Å². The van der Waals surface area contributed by atoms with E-state index in [2.05, 4.69) is 5.32 Å². The number of carbonyl (C=O) groups is 2. The molecule has 1 aromatic rings. The third-order valence-electron chi connectivity index (χ3n) is 3.50. The van der Waals surface area contributed by atoms with Crippen LogP contribution in [0.25, 0.3) is 0 Å². The van der Waals surface area contributed by atoms with E-state index >= 15 is 0 Å². The van der Waals surface area contributed by atoms with Gasteiger partial charge in [0, 0.05) is 26.1 Å². The third kappa shape index (κ3) is 3.94. The molecule has 4 nitrogen and oxygen atoms in total. The molecule has 0 aliphatic carbocycles. The Morgan fingerprint density at radius 2 is 2.29 bits per heavy atom. The Morgan fingerprint density at radius 1 is 1.52 bits per heavy atom. The van der Waals surface area contributed by atoms with E-state index in [-0.39, 0.29) is 22.4 Å². The maximum atomic E-state index is 13.6. The second-order valence-electron chi connectivity index (χ2n) is 5.36. The summed E-state index contributed by atoms with van der Waals surface area (Å²) in [5.74, 6) is -0.910. The maximum Gasteiger partial charge on any atom is 0.255 e. The van der Waals surface area contributed by atoms with Gasteiger partial charge < -0.3 is 10.2 Å². The van der Waals surface area contributed by atoms with Gasteiger partial charge >= 0.3 is 0 Å². The molecule has 1 aromatic carbocycles. The van der Waals surface area contributed by atoms with E-state index in [0.717, 1.165) is 13.0 Å². The number of nitrogens with one attached hydrogen (secondary N) is 1. The van der Waals surface area contributed by atoms with Gasteiger partial charge in [-0.15, -0.1) is 0 Å². The minimum Gasteiger partial charge on any atom is -0.352 e. The molecule has 0 aromatic heterocycles. The predicted molar refractivity (Wildman–Crippen MR) is 78.7 cm³/mol. The summed E-state index contributed by atoms with van der Waals surface area (Å²) in [6, 6.07) is 4.13. The van der Waals surface area contributed by atoms with Crippen LogP contribution in [-0.4, -0.2) is 36.3 Å². The van der Waals surface area contributed by atoms with E-state index in [4.69, 9.17) is 11.6 Å². The molecule has 0 bridgehead atoms.